The number of aliphatic carboxylic acids is 1. The summed E-state index contributed by atoms with van der Waals surface area (Å²) < 4.78 is 93.9. The molecular weight excluding hydrogens is 509 g/mol. The van der Waals surface area contributed by atoms with E-state index in [2.05, 4.69) is 5.32 Å². The largest absolute Gasteiger partial charge is 0.480 e. The maximum atomic E-state index is 13.9. The lowest BCUT2D eigenvalue weighted by Crippen LogP contribution is -2.39. The third kappa shape index (κ3) is 5.89. The van der Waals surface area contributed by atoms with Gasteiger partial charge >= 0.3 is 18.3 Å². The first-order valence-electron chi connectivity index (χ1n) is 11.3. The zero-order valence-corrected chi connectivity index (χ0v) is 19.1. The van der Waals surface area contributed by atoms with Crippen LogP contribution in [0.5, 0.6) is 0 Å². The van der Waals surface area contributed by atoms with Gasteiger partial charge in [0.2, 0.25) is 5.91 Å². The SMILES string of the molecule is O=C(O)Cn1c2c(c3cc(F)ccc31)CC(NC(=O)CCc1cc(C(F)(F)F)cc(C(F)(F)F)c1)CC2. The molecule has 0 radical (unpaired) electrons. The first kappa shape index (κ1) is 26.5. The Bertz CT molecular complexity index is 1330. The van der Waals surface area contributed by atoms with Crippen LogP contribution in [0.3, 0.4) is 0 Å². The van der Waals surface area contributed by atoms with Gasteiger partial charge in [-0.1, -0.05) is 0 Å². The van der Waals surface area contributed by atoms with E-state index in [1.54, 1.807) is 4.57 Å². The number of carbonyl (C=O) groups excluding carboxylic acids is 1. The van der Waals surface area contributed by atoms with Crippen LogP contribution >= 0.6 is 0 Å². The van der Waals surface area contributed by atoms with Crippen LogP contribution in [-0.4, -0.2) is 27.6 Å². The summed E-state index contributed by atoms with van der Waals surface area (Å²) in [6.07, 6.45) is -9.52. The Labute approximate surface area is 205 Å². The zero-order valence-electron chi connectivity index (χ0n) is 19.1. The van der Waals surface area contributed by atoms with E-state index in [9.17, 15) is 45.4 Å². The second-order valence-corrected chi connectivity index (χ2v) is 8.99. The zero-order chi connectivity index (χ0) is 27.1. The van der Waals surface area contributed by atoms with Crippen molar-refractivity contribution in [2.45, 2.75) is 57.0 Å². The average Bonchev–Trinajstić information content (AvgIpc) is 3.08. The van der Waals surface area contributed by atoms with Gasteiger partial charge in [-0.3, -0.25) is 9.59 Å². The quantitative estimate of drug-likeness (QED) is 0.413. The summed E-state index contributed by atoms with van der Waals surface area (Å²) >= 11 is 0. The Morgan fingerprint density at radius 2 is 1.65 bits per heavy atom. The molecular formula is C25H21F7N2O3. The van der Waals surface area contributed by atoms with Crippen LogP contribution in [-0.2, 0) is 47.7 Å². The molecule has 1 unspecified atom stereocenters. The molecule has 198 valence electrons. The van der Waals surface area contributed by atoms with Crippen LogP contribution in [0.25, 0.3) is 10.9 Å². The smallest absolute Gasteiger partial charge is 0.416 e. The molecule has 0 spiro atoms. The van der Waals surface area contributed by atoms with E-state index >= 15 is 0 Å². The second-order valence-electron chi connectivity index (χ2n) is 8.99. The van der Waals surface area contributed by atoms with Gasteiger partial charge in [0.05, 0.1) is 11.1 Å². The number of alkyl halides is 6. The number of fused-ring (bicyclic) bond motifs is 3. The summed E-state index contributed by atoms with van der Waals surface area (Å²) in [4.78, 5) is 23.9. The Morgan fingerprint density at radius 3 is 2.24 bits per heavy atom. The van der Waals surface area contributed by atoms with Gasteiger partial charge in [-0.2, -0.15) is 26.3 Å². The van der Waals surface area contributed by atoms with Gasteiger partial charge in [-0.05, 0) is 73.2 Å². The number of nitrogens with zero attached hydrogens (tertiary/aromatic N) is 1. The summed E-state index contributed by atoms with van der Waals surface area (Å²) in [5.41, 5.74) is -1.19. The number of carboxylic acid groups (broad SMARTS) is 1. The molecule has 2 aromatic carbocycles. The molecule has 37 heavy (non-hydrogen) atoms. The summed E-state index contributed by atoms with van der Waals surface area (Å²) in [7, 11) is 0. The minimum absolute atomic E-state index is 0.0346. The molecule has 5 nitrogen and oxygen atoms in total. The number of hydrogen-bond acceptors (Lipinski definition) is 2. The number of aromatic nitrogens is 1. The fourth-order valence-corrected chi connectivity index (χ4v) is 4.78. The van der Waals surface area contributed by atoms with E-state index in [1.165, 1.54) is 18.2 Å². The number of aryl methyl sites for hydroxylation is 1. The summed E-state index contributed by atoms with van der Waals surface area (Å²) in [6, 6.07) is 4.82. The van der Waals surface area contributed by atoms with Crippen molar-refractivity contribution in [2.24, 2.45) is 0 Å². The normalized spacial score (nSPS) is 16.0. The second kappa shape index (κ2) is 9.71. The highest BCUT2D eigenvalue weighted by atomic mass is 19.4. The van der Waals surface area contributed by atoms with Gasteiger partial charge in [0.1, 0.15) is 12.4 Å². The highest BCUT2D eigenvalue weighted by molar-refractivity contribution is 5.87. The Balaban J connectivity index is 1.48. The fourth-order valence-electron chi connectivity index (χ4n) is 4.78. The first-order chi connectivity index (χ1) is 17.2. The number of carboxylic acids is 1. The lowest BCUT2D eigenvalue weighted by Gasteiger charge is -2.25. The number of carbonyl (C=O) groups is 2. The number of hydrogen-bond donors (Lipinski definition) is 2. The molecule has 0 aliphatic heterocycles. The van der Waals surface area contributed by atoms with E-state index in [1.807, 2.05) is 0 Å². The Kier molecular flexibility index (Phi) is 6.95. The van der Waals surface area contributed by atoms with Crippen molar-refractivity contribution in [1.29, 1.82) is 0 Å². The number of amides is 1. The molecule has 0 saturated heterocycles. The summed E-state index contributed by atoms with van der Waals surface area (Å²) in [5.74, 6) is -2.13. The Morgan fingerprint density at radius 1 is 1.00 bits per heavy atom. The fraction of sp³-hybridized carbons (Fsp3) is 0.360. The molecule has 1 aromatic heterocycles. The Hall–Kier alpha value is -3.57. The highest BCUT2D eigenvalue weighted by Gasteiger charge is 2.37. The summed E-state index contributed by atoms with van der Waals surface area (Å²) in [6.45, 7) is -0.314. The van der Waals surface area contributed by atoms with Gasteiger partial charge in [0.25, 0.3) is 0 Å². The van der Waals surface area contributed by atoms with E-state index in [0.29, 0.717) is 41.4 Å². The highest BCUT2D eigenvalue weighted by Crippen LogP contribution is 2.37. The molecule has 0 saturated carbocycles. The van der Waals surface area contributed by atoms with Crippen LogP contribution in [0, 0.1) is 5.82 Å². The molecule has 3 aromatic rings. The monoisotopic (exact) mass is 530 g/mol. The van der Waals surface area contributed by atoms with E-state index in [4.69, 9.17) is 0 Å². The lowest BCUT2D eigenvalue weighted by atomic mass is 9.91. The van der Waals surface area contributed by atoms with Crippen LogP contribution in [0.4, 0.5) is 30.7 Å². The van der Waals surface area contributed by atoms with Gasteiger partial charge in [-0.15, -0.1) is 0 Å². The van der Waals surface area contributed by atoms with Gasteiger partial charge in [0, 0.05) is 29.1 Å². The molecule has 1 aliphatic carbocycles. The van der Waals surface area contributed by atoms with E-state index in [0.717, 1.165) is 5.69 Å². The standard InChI is InChI=1S/C25H21F7N2O3/c26-16-2-4-20-18(10-16)19-11-17(3-5-21(19)34(20)12-23(36)37)33-22(35)6-1-13-7-14(24(27,28)29)9-15(8-13)25(30,31)32/h2,4,7-10,17H,1,3,5-6,11-12H2,(H,33,35)(H,36,37). The van der Waals surface area contributed by atoms with Gasteiger partial charge in [-0.25, -0.2) is 4.39 Å². The molecule has 1 aliphatic rings. The minimum atomic E-state index is -4.97. The number of benzene rings is 2. The molecule has 1 atom stereocenters. The predicted molar refractivity (Wildman–Crippen MR) is 118 cm³/mol. The van der Waals surface area contributed by atoms with Gasteiger partial charge < -0.3 is 15.0 Å². The summed E-state index contributed by atoms with van der Waals surface area (Å²) in [5, 5.41) is 12.5. The van der Waals surface area contributed by atoms with Crippen LogP contribution in [0.15, 0.2) is 36.4 Å². The van der Waals surface area contributed by atoms with Gasteiger partial charge in [0.15, 0.2) is 0 Å². The number of rotatable bonds is 6. The van der Waals surface area contributed by atoms with Crippen molar-refractivity contribution in [3.63, 3.8) is 0 Å². The van der Waals surface area contributed by atoms with Crippen molar-refractivity contribution in [1.82, 2.24) is 9.88 Å². The maximum absolute atomic E-state index is 13.9. The van der Waals surface area contributed by atoms with Crippen molar-refractivity contribution in [3.05, 3.63) is 70.2 Å². The molecule has 2 N–H and O–H groups in total. The molecule has 12 heteroatoms. The number of halogens is 7. The van der Waals surface area contributed by atoms with E-state index in [-0.39, 0.29) is 37.4 Å². The third-order valence-corrected chi connectivity index (χ3v) is 6.38. The van der Waals surface area contributed by atoms with Crippen molar-refractivity contribution in [2.75, 3.05) is 0 Å². The van der Waals surface area contributed by atoms with Crippen molar-refractivity contribution in [3.8, 4) is 0 Å². The molecule has 4 rings (SSSR count). The predicted octanol–water partition coefficient (Wildman–Crippen LogP) is 5.51. The van der Waals surface area contributed by atoms with Crippen molar-refractivity contribution < 1.29 is 45.4 Å². The molecule has 1 heterocycles. The van der Waals surface area contributed by atoms with Crippen LogP contribution in [0.1, 0.15) is 40.8 Å². The molecule has 0 fully saturated rings. The van der Waals surface area contributed by atoms with E-state index < -0.39 is 47.2 Å². The maximum Gasteiger partial charge on any atom is 0.416 e. The molecule has 1 amide bonds. The lowest BCUT2D eigenvalue weighted by molar-refractivity contribution is -0.143. The number of nitrogens with one attached hydrogen (secondary N) is 1. The van der Waals surface area contributed by atoms with Crippen LogP contribution in [0.2, 0.25) is 0 Å². The third-order valence-electron chi connectivity index (χ3n) is 6.38. The topological polar surface area (TPSA) is 71.3 Å². The van der Waals surface area contributed by atoms with Crippen molar-refractivity contribution >= 4 is 22.8 Å². The first-order valence-corrected chi connectivity index (χ1v) is 11.3. The molecule has 0 bridgehead atoms. The minimum Gasteiger partial charge on any atom is -0.480 e. The average molecular weight is 530 g/mol. The van der Waals surface area contributed by atoms with Crippen LogP contribution < -0.4 is 5.32 Å².